The second-order valence-corrected chi connectivity index (χ2v) is 7.81. The van der Waals surface area contributed by atoms with Crippen LogP contribution in [-0.2, 0) is 19.1 Å². The highest BCUT2D eigenvalue weighted by Crippen LogP contribution is 2.27. The van der Waals surface area contributed by atoms with E-state index in [1.54, 1.807) is 28.1 Å². The minimum absolute atomic E-state index is 0.0537. The molecule has 146 valence electrons. The minimum atomic E-state index is -1.73. The van der Waals surface area contributed by atoms with Gasteiger partial charge in [-0.1, -0.05) is 27.2 Å². The van der Waals surface area contributed by atoms with E-state index in [0.717, 1.165) is 0 Å². The topological polar surface area (TPSA) is 101 Å². The Hall–Kier alpha value is -1.47. The van der Waals surface area contributed by atoms with Gasteiger partial charge in [-0.3, -0.25) is 14.4 Å². The van der Waals surface area contributed by atoms with Gasteiger partial charge in [0.2, 0.25) is 5.60 Å². The molecule has 0 aromatic heterocycles. The molecule has 0 aromatic carbocycles. The number of aliphatic hydroxyl groups is 1. The average Bonchev–Trinajstić information content (AvgIpc) is 2.42. The Balaban J connectivity index is 5.69. The van der Waals surface area contributed by atoms with Crippen molar-refractivity contribution in [3.8, 4) is 0 Å². The minimum Gasteiger partial charge on any atom is -0.481 e. The molecule has 0 aliphatic heterocycles. The predicted molar refractivity (Wildman–Crippen MR) is 94.0 cm³/mol. The van der Waals surface area contributed by atoms with Crippen molar-refractivity contribution in [2.45, 2.75) is 64.6 Å². The molecule has 7 nitrogen and oxygen atoms in total. The molecule has 0 fully saturated rings. The highest BCUT2D eigenvalue weighted by molar-refractivity contribution is 5.94. The van der Waals surface area contributed by atoms with E-state index in [0.29, 0.717) is 19.3 Å². The summed E-state index contributed by atoms with van der Waals surface area (Å²) in [5.41, 5.74) is -1.73. The number of esters is 1. The molecule has 0 radical (unpaired) electrons. The van der Waals surface area contributed by atoms with Crippen LogP contribution in [0.2, 0.25) is 0 Å². The highest BCUT2D eigenvalue weighted by atomic mass is 16.6. The number of quaternary nitrogens is 1. The SMILES string of the molecule is CCCC(O)CC(=O)OC(CC(=O)O)(C[N+](C)(C)C)C(=O)C(C)CC. The third-order valence-corrected chi connectivity index (χ3v) is 4.01. The number of likely N-dealkylation sites (N-methyl/N-ethyl adjacent to an activating group) is 1. The van der Waals surface area contributed by atoms with Gasteiger partial charge in [-0.2, -0.15) is 0 Å². The molecule has 3 unspecified atom stereocenters. The van der Waals surface area contributed by atoms with Crippen LogP contribution < -0.4 is 0 Å². The van der Waals surface area contributed by atoms with Gasteiger partial charge in [0, 0.05) is 5.92 Å². The van der Waals surface area contributed by atoms with E-state index in [2.05, 4.69) is 0 Å². The number of ether oxygens (including phenoxy) is 1. The molecule has 0 bridgehead atoms. The first-order valence-corrected chi connectivity index (χ1v) is 8.83. The van der Waals surface area contributed by atoms with Crippen molar-refractivity contribution in [1.29, 1.82) is 0 Å². The molecular weight excluding hydrogens is 326 g/mol. The summed E-state index contributed by atoms with van der Waals surface area (Å²) in [6.45, 7) is 5.46. The van der Waals surface area contributed by atoms with Gasteiger partial charge in [0.25, 0.3) is 0 Å². The number of aliphatic carboxylic acids is 1. The smallest absolute Gasteiger partial charge is 0.309 e. The molecule has 0 aliphatic rings. The van der Waals surface area contributed by atoms with Gasteiger partial charge in [0.15, 0.2) is 5.78 Å². The van der Waals surface area contributed by atoms with E-state index in [1.807, 2.05) is 13.8 Å². The van der Waals surface area contributed by atoms with Crippen LogP contribution in [0.1, 0.15) is 52.9 Å². The Morgan fingerprint density at radius 1 is 1.16 bits per heavy atom. The van der Waals surface area contributed by atoms with E-state index in [-0.39, 0.29) is 23.2 Å². The molecular formula is C18H34NO6+. The first-order valence-electron chi connectivity index (χ1n) is 8.83. The molecule has 3 atom stereocenters. The summed E-state index contributed by atoms with van der Waals surface area (Å²) < 4.78 is 5.75. The first kappa shape index (κ1) is 23.5. The van der Waals surface area contributed by atoms with Crippen LogP contribution in [0.15, 0.2) is 0 Å². The second kappa shape index (κ2) is 9.87. The van der Waals surface area contributed by atoms with Crippen molar-refractivity contribution < 1.29 is 33.8 Å². The Labute approximate surface area is 150 Å². The fraction of sp³-hybridized carbons (Fsp3) is 0.833. The maximum atomic E-state index is 12.9. The number of hydrogen-bond acceptors (Lipinski definition) is 5. The molecule has 0 aromatic rings. The summed E-state index contributed by atoms with van der Waals surface area (Å²) in [4.78, 5) is 36.7. The molecule has 25 heavy (non-hydrogen) atoms. The summed E-state index contributed by atoms with van der Waals surface area (Å²) in [6.07, 6.45) is -0.0213. The zero-order valence-corrected chi connectivity index (χ0v) is 16.4. The average molecular weight is 360 g/mol. The second-order valence-electron chi connectivity index (χ2n) is 7.81. The van der Waals surface area contributed by atoms with Crippen LogP contribution in [0.5, 0.6) is 0 Å². The quantitative estimate of drug-likeness (QED) is 0.405. The number of hydrogen-bond donors (Lipinski definition) is 2. The molecule has 0 saturated carbocycles. The first-order chi connectivity index (χ1) is 11.4. The van der Waals surface area contributed by atoms with Crippen molar-refractivity contribution >= 4 is 17.7 Å². The van der Waals surface area contributed by atoms with Crippen LogP contribution in [0.25, 0.3) is 0 Å². The van der Waals surface area contributed by atoms with E-state index in [1.165, 1.54) is 0 Å². The van der Waals surface area contributed by atoms with Crippen molar-refractivity contribution in [2.24, 2.45) is 5.92 Å². The predicted octanol–water partition coefficient (Wildman–Crippen LogP) is 1.62. The van der Waals surface area contributed by atoms with E-state index < -0.39 is 36.0 Å². The Bertz CT molecular complexity index is 471. The monoisotopic (exact) mass is 360 g/mol. The fourth-order valence-electron chi connectivity index (χ4n) is 2.87. The maximum Gasteiger partial charge on any atom is 0.309 e. The summed E-state index contributed by atoms with van der Waals surface area (Å²) >= 11 is 0. The third-order valence-electron chi connectivity index (χ3n) is 4.01. The maximum absolute atomic E-state index is 12.9. The Kier molecular flexibility index (Phi) is 9.29. The fourth-order valence-corrected chi connectivity index (χ4v) is 2.87. The van der Waals surface area contributed by atoms with Gasteiger partial charge in [-0.15, -0.1) is 0 Å². The zero-order chi connectivity index (χ0) is 19.8. The normalized spacial score (nSPS) is 16.6. The van der Waals surface area contributed by atoms with Crippen LogP contribution in [0, 0.1) is 5.92 Å². The van der Waals surface area contributed by atoms with Gasteiger partial charge in [0.1, 0.15) is 6.54 Å². The highest BCUT2D eigenvalue weighted by Gasteiger charge is 2.50. The standard InChI is InChI=1S/C18H33NO6/c1-7-9-14(20)10-16(23)25-18(11-15(21)22,12-19(4,5)6)17(24)13(3)8-2/h13-14,20H,7-12H2,1-6H3/p+1. The number of aliphatic hydroxyl groups excluding tert-OH is 1. The molecule has 7 heteroatoms. The number of carbonyl (C=O) groups is 3. The third kappa shape index (κ3) is 8.45. The number of carboxylic acid groups (broad SMARTS) is 1. The number of Topliss-reactive ketones (excluding diaryl/α,β-unsaturated/α-hetero) is 1. The van der Waals surface area contributed by atoms with Crippen LogP contribution in [-0.4, -0.2) is 71.8 Å². The number of ketones is 1. The van der Waals surface area contributed by atoms with Gasteiger partial charge in [0.05, 0.1) is 40.1 Å². The lowest BCUT2D eigenvalue weighted by Gasteiger charge is -2.38. The van der Waals surface area contributed by atoms with Crippen LogP contribution >= 0.6 is 0 Å². The molecule has 0 rings (SSSR count). The van der Waals surface area contributed by atoms with Crippen LogP contribution in [0.3, 0.4) is 0 Å². The van der Waals surface area contributed by atoms with Gasteiger partial charge in [-0.05, 0) is 12.8 Å². The molecule has 0 amide bonds. The number of nitrogens with zero attached hydrogens (tertiary/aromatic N) is 1. The van der Waals surface area contributed by atoms with Crippen molar-refractivity contribution in [3.05, 3.63) is 0 Å². The lowest BCUT2D eigenvalue weighted by molar-refractivity contribution is -0.875. The molecule has 2 N–H and O–H groups in total. The summed E-state index contributed by atoms with van der Waals surface area (Å²) in [5, 5.41) is 19.1. The summed E-state index contributed by atoms with van der Waals surface area (Å²) in [5.74, 6) is -2.76. The van der Waals surface area contributed by atoms with Crippen molar-refractivity contribution in [1.82, 2.24) is 0 Å². The van der Waals surface area contributed by atoms with Gasteiger partial charge < -0.3 is 19.4 Å². The number of carbonyl (C=O) groups excluding carboxylic acids is 2. The lowest BCUT2D eigenvalue weighted by atomic mass is 9.84. The largest absolute Gasteiger partial charge is 0.481 e. The van der Waals surface area contributed by atoms with Gasteiger partial charge >= 0.3 is 11.9 Å². The van der Waals surface area contributed by atoms with Gasteiger partial charge in [-0.25, -0.2) is 0 Å². The lowest BCUT2D eigenvalue weighted by Crippen LogP contribution is -2.58. The van der Waals surface area contributed by atoms with Crippen molar-refractivity contribution in [3.63, 3.8) is 0 Å². The number of carboxylic acids is 1. The molecule has 0 saturated heterocycles. The van der Waals surface area contributed by atoms with E-state index in [4.69, 9.17) is 4.74 Å². The molecule has 0 heterocycles. The summed E-state index contributed by atoms with van der Waals surface area (Å²) in [6, 6.07) is 0. The zero-order valence-electron chi connectivity index (χ0n) is 16.4. The van der Waals surface area contributed by atoms with E-state index in [9.17, 15) is 24.6 Å². The summed E-state index contributed by atoms with van der Waals surface area (Å²) in [7, 11) is 5.42. The number of rotatable bonds is 12. The van der Waals surface area contributed by atoms with Crippen molar-refractivity contribution in [2.75, 3.05) is 27.7 Å². The molecule has 0 spiro atoms. The van der Waals surface area contributed by atoms with E-state index >= 15 is 0 Å². The van der Waals surface area contributed by atoms with Crippen LogP contribution in [0.4, 0.5) is 0 Å². The molecule has 0 aliphatic carbocycles. The Morgan fingerprint density at radius 3 is 2.12 bits per heavy atom. The Morgan fingerprint density at radius 2 is 1.72 bits per heavy atom.